The molecule has 2 aliphatic heterocycles. The molecule has 2 aromatic rings. The number of benzene rings is 2. The molecular weight excluding hydrogens is 346 g/mol. The quantitative estimate of drug-likeness (QED) is 0.860. The van der Waals surface area contributed by atoms with Gasteiger partial charge >= 0.3 is 0 Å². The smallest absolute Gasteiger partial charge is 0.0491 e. The third-order valence-electron chi connectivity index (χ3n) is 6.09. The number of likely N-dealkylation sites (N-methyl/N-ethyl adjacent to an activating group) is 1. The summed E-state index contributed by atoms with van der Waals surface area (Å²) >= 11 is 0. The minimum absolute atomic E-state index is 0.669. The van der Waals surface area contributed by atoms with E-state index in [1.54, 1.807) is 0 Å². The van der Waals surface area contributed by atoms with Crippen molar-refractivity contribution in [3.8, 4) is 0 Å². The Labute approximate surface area is 169 Å². The molecule has 2 saturated heterocycles. The van der Waals surface area contributed by atoms with Gasteiger partial charge in [-0.2, -0.15) is 0 Å². The minimum Gasteiger partial charge on any atom is -0.370 e. The molecule has 0 saturated carbocycles. The van der Waals surface area contributed by atoms with Gasteiger partial charge in [0.15, 0.2) is 0 Å². The molecule has 5 nitrogen and oxygen atoms in total. The van der Waals surface area contributed by atoms with Crippen molar-refractivity contribution in [2.75, 3.05) is 68.6 Å². The van der Waals surface area contributed by atoms with Crippen LogP contribution in [0.25, 0.3) is 0 Å². The normalized spacial score (nSPS) is 20.8. The molecule has 2 heterocycles. The Morgan fingerprint density at radius 2 is 1.39 bits per heavy atom. The van der Waals surface area contributed by atoms with Crippen LogP contribution in [0.3, 0.4) is 0 Å². The molecule has 2 fully saturated rings. The SMILES string of the molecule is Cc1ccc(N2CCN(Nc3ccc(N4CCC(N(C)C)C4)cc3)CC2)cc1. The average Bonchev–Trinajstić information content (AvgIpc) is 3.21. The fourth-order valence-corrected chi connectivity index (χ4v) is 4.16. The fourth-order valence-electron chi connectivity index (χ4n) is 4.16. The predicted octanol–water partition coefficient (Wildman–Crippen LogP) is 3.28. The Morgan fingerprint density at radius 1 is 0.786 bits per heavy atom. The van der Waals surface area contributed by atoms with Crippen molar-refractivity contribution in [2.45, 2.75) is 19.4 Å². The first kappa shape index (κ1) is 19.1. The van der Waals surface area contributed by atoms with E-state index in [0.717, 1.165) is 39.3 Å². The monoisotopic (exact) mass is 379 g/mol. The summed E-state index contributed by atoms with van der Waals surface area (Å²) in [5.41, 5.74) is 8.74. The number of nitrogens with zero attached hydrogens (tertiary/aromatic N) is 4. The molecule has 0 aromatic heterocycles. The van der Waals surface area contributed by atoms with Crippen LogP contribution < -0.4 is 15.2 Å². The van der Waals surface area contributed by atoms with Crippen molar-refractivity contribution in [3.63, 3.8) is 0 Å². The summed E-state index contributed by atoms with van der Waals surface area (Å²) in [6.07, 6.45) is 1.25. The van der Waals surface area contributed by atoms with Crippen LogP contribution in [-0.4, -0.2) is 69.3 Å². The molecule has 0 bridgehead atoms. The number of hydrogen-bond acceptors (Lipinski definition) is 5. The van der Waals surface area contributed by atoms with Crippen molar-refractivity contribution in [1.29, 1.82) is 0 Å². The third-order valence-corrected chi connectivity index (χ3v) is 6.09. The van der Waals surface area contributed by atoms with E-state index in [1.165, 1.54) is 29.0 Å². The Kier molecular flexibility index (Phi) is 5.74. The second kappa shape index (κ2) is 8.41. The topological polar surface area (TPSA) is 25.0 Å². The molecule has 0 amide bonds. The number of rotatable bonds is 5. The van der Waals surface area contributed by atoms with E-state index in [9.17, 15) is 0 Å². The van der Waals surface area contributed by atoms with Crippen molar-refractivity contribution in [2.24, 2.45) is 0 Å². The molecule has 5 heteroatoms. The third kappa shape index (κ3) is 4.42. The van der Waals surface area contributed by atoms with Crippen molar-refractivity contribution in [3.05, 3.63) is 54.1 Å². The Bertz CT molecular complexity index is 748. The van der Waals surface area contributed by atoms with Gasteiger partial charge in [-0.25, -0.2) is 5.01 Å². The maximum absolute atomic E-state index is 3.59. The van der Waals surface area contributed by atoms with Crippen LogP contribution >= 0.6 is 0 Å². The molecule has 1 atom stereocenters. The maximum atomic E-state index is 3.59. The standard InChI is InChI=1S/C23H33N5/c1-19-4-8-21(9-5-19)26-14-16-28(17-15-26)24-20-6-10-22(11-7-20)27-13-12-23(18-27)25(2)3/h4-11,23-24H,12-18H2,1-3H3. The molecule has 0 radical (unpaired) electrons. The van der Waals surface area contributed by atoms with Gasteiger partial charge in [0, 0.05) is 62.4 Å². The molecule has 0 spiro atoms. The molecular formula is C23H33N5. The number of piperazine rings is 1. The predicted molar refractivity (Wildman–Crippen MR) is 119 cm³/mol. The van der Waals surface area contributed by atoms with E-state index in [2.05, 4.69) is 94.7 Å². The van der Waals surface area contributed by atoms with Crippen molar-refractivity contribution >= 4 is 17.1 Å². The Morgan fingerprint density at radius 3 is 2.00 bits per heavy atom. The van der Waals surface area contributed by atoms with Crippen molar-refractivity contribution in [1.82, 2.24) is 9.91 Å². The van der Waals surface area contributed by atoms with Crippen LogP contribution in [0.4, 0.5) is 17.1 Å². The highest BCUT2D eigenvalue weighted by atomic mass is 15.5. The second-order valence-electron chi connectivity index (χ2n) is 8.32. The minimum atomic E-state index is 0.669. The van der Waals surface area contributed by atoms with Crippen LogP contribution in [0.5, 0.6) is 0 Å². The van der Waals surface area contributed by atoms with Gasteiger partial charge in [-0.1, -0.05) is 17.7 Å². The van der Waals surface area contributed by atoms with Gasteiger partial charge in [0.25, 0.3) is 0 Å². The van der Waals surface area contributed by atoms with Gasteiger partial charge in [-0.05, 0) is 63.8 Å². The molecule has 2 aliphatic rings. The number of aryl methyl sites for hydroxylation is 1. The van der Waals surface area contributed by atoms with E-state index in [-0.39, 0.29) is 0 Å². The van der Waals surface area contributed by atoms with Gasteiger partial charge < -0.3 is 20.1 Å². The second-order valence-corrected chi connectivity index (χ2v) is 8.32. The van der Waals surface area contributed by atoms with E-state index in [0.29, 0.717) is 6.04 Å². The van der Waals surface area contributed by atoms with Gasteiger partial charge in [-0.15, -0.1) is 0 Å². The van der Waals surface area contributed by atoms with E-state index in [1.807, 2.05) is 0 Å². The maximum Gasteiger partial charge on any atom is 0.0491 e. The summed E-state index contributed by atoms with van der Waals surface area (Å²) in [7, 11) is 4.36. The lowest BCUT2D eigenvalue weighted by Crippen LogP contribution is -2.48. The first-order valence-corrected chi connectivity index (χ1v) is 10.4. The van der Waals surface area contributed by atoms with Gasteiger partial charge in [0.1, 0.15) is 0 Å². The summed E-state index contributed by atoms with van der Waals surface area (Å²) < 4.78 is 0. The molecule has 28 heavy (non-hydrogen) atoms. The van der Waals surface area contributed by atoms with Gasteiger partial charge in [0.2, 0.25) is 0 Å². The number of anilines is 3. The van der Waals surface area contributed by atoms with E-state index in [4.69, 9.17) is 0 Å². The van der Waals surface area contributed by atoms with Crippen LogP contribution in [0.1, 0.15) is 12.0 Å². The first-order valence-electron chi connectivity index (χ1n) is 10.4. The zero-order valence-corrected chi connectivity index (χ0v) is 17.4. The molecule has 1 unspecified atom stereocenters. The molecule has 1 N–H and O–H groups in total. The number of hydrazine groups is 1. The number of nitrogens with one attached hydrogen (secondary N) is 1. The van der Waals surface area contributed by atoms with E-state index >= 15 is 0 Å². The van der Waals surface area contributed by atoms with Gasteiger partial charge in [0.05, 0.1) is 0 Å². The van der Waals surface area contributed by atoms with Crippen molar-refractivity contribution < 1.29 is 0 Å². The summed E-state index contributed by atoms with van der Waals surface area (Å²) in [4.78, 5) is 7.30. The average molecular weight is 380 g/mol. The lowest BCUT2D eigenvalue weighted by atomic mass is 10.2. The van der Waals surface area contributed by atoms with Gasteiger partial charge in [-0.3, -0.25) is 0 Å². The number of hydrogen-bond donors (Lipinski definition) is 1. The summed E-state index contributed by atoms with van der Waals surface area (Å²) in [6, 6.07) is 18.5. The Hall–Kier alpha value is -2.24. The largest absolute Gasteiger partial charge is 0.370 e. The molecule has 150 valence electrons. The summed E-state index contributed by atoms with van der Waals surface area (Å²) in [6.45, 7) is 8.55. The molecule has 2 aromatic carbocycles. The fraction of sp³-hybridized carbons (Fsp3) is 0.478. The molecule has 0 aliphatic carbocycles. The van der Waals surface area contributed by atoms with Crippen LogP contribution in [-0.2, 0) is 0 Å². The Balaban J connectivity index is 1.28. The first-order chi connectivity index (χ1) is 13.6. The lowest BCUT2D eigenvalue weighted by molar-refractivity contribution is 0.308. The van der Waals surface area contributed by atoms with E-state index < -0.39 is 0 Å². The highest BCUT2D eigenvalue weighted by Crippen LogP contribution is 2.24. The van der Waals surface area contributed by atoms with Crippen LogP contribution in [0.15, 0.2) is 48.5 Å². The zero-order chi connectivity index (χ0) is 19.5. The summed E-state index contributed by atoms with van der Waals surface area (Å²) in [5.74, 6) is 0. The van der Waals surface area contributed by atoms with Crippen LogP contribution in [0, 0.1) is 6.92 Å². The summed E-state index contributed by atoms with van der Waals surface area (Å²) in [5, 5.41) is 2.33. The highest BCUT2D eigenvalue weighted by molar-refractivity contribution is 5.55. The lowest BCUT2D eigenvalue weighted by Gasteiger charge is -2.36. The zero-order valence-electron chi connectivity index (χ0n) is 17.4. The van der Waals surface area contributed by atoms with Crippen LogP contribution in [0.2, 0.25) is 0 Å². The molecule has 4 rings (SSSR count). The highest BCUT2D eigenvalue weighted by Gasteiger charge is 2.24.